The van der Waals surface area contributed by atoms with Gasteiger partial charge in [0, 0.05) is 0 Å². The summed E-state index contributed by atoms with van der Waals surface area (Å²) in [5.41, 5.74) is 5.12. The molecule has 126 valence electrons. The fourth-order valence-electron chi connectivity index (χ4n) is 2.20. The van der Waals surface area contributed by atoms with E-state index in [0.29, 0.717) is 0 Å². The van der Waals surface area contributed by atoms with Gasteiger partial charge in [-0.15, -0.1) is 0 Å². The highest BCUT2D eigenvalue weighted by molar-refractivity contribution is 5.08. The van der Waals surface area contributed by atoms with Gasteiger partial charge in [0.1, 0.15) is 0 Å². The third-order valence-corrected chi connectivity index (χ3v) is 3.66. The first kappa shape index (κ1) is 20.9. The van der Waals surface area contributed by atoms with Crippen LogP contribution in [0.15, 0.2) is 46.6 Å². The Balaban J connectivity index is 4.12. The van der Waals surface area contributed by atoms with E-state index in [-0.39, 0.29) is 13.2 Å². The summed E-state index contributed by atoms with van der Waals surface area (Å²) in [6, 6.07) is 0. The minimum absolute atomic E-state index is 0.110. The van der Waals surface area contributed by atoms with Gasteiger partial charge in [0.2, 0.25) is 0 Å². The van der Waals surface area contributed by atoms with Crippen molar-refractivity contribution >= 4 is 0 Å². The van der Waals surface area contributed by atoms with E-state index >= 15 is 0 Å². The predicted molar refractivity (Wildman–Crippen MR) is 96.9 cm³/mol. The summed E-state index contributed by atoms with van der Waals surface area (Å²) in [5.74, 6) is 0. The summed E-state index contributed by atoms with van der Waals surface area (Å²) in [5, 5.41) is 18.2. The summed E-state index contributed by atoms with van der Waals surface area (Å²) in [7, 11) is 0. The average molecular weight is 306 g/mol. The van der Waals surface area contributed by atoms with Crippen LogP contribution in [0.3, 0.4) is 0 Å². The lowest BCUT2D eigenvalue weighted by Crippen LogP contribution is -1.91. The van der Waals surface area contributed by atoms with E-state index in [1.165, 1.54) is 16.7 Å². The van der Waals surface area contributed by atoms with Gasteiger partial charge in [-0.05, 0) is 71.8 Å². The van der Waals surface area contributed by atoms with E-state index in [0.717, 1.165) is 44.1 Å². The van der Waals surface area contributed by atoms with Gasteiger partial charge < -0.3 is 10.2 Å². The summed E-state index contributed by atoms with van der Waals surface area (Å²) < 4.78 is 0. The normalized spacial score (nSPS) is 13.5. The lowest BCUT2D eigenvalue weighted by molar-refractivity contribution is 0.326. The monoisotopic (exact) mass is 306 g/mol. The van der Waals surface area contributed by atoms with Crippen molar-refractivity contribution in [2.75, 3.05) is 13.2 Å². The molecule has 0 aliphatic heterocycles. The second kappa shape index (κ2) is 13.5. The maximum Gasteiger partial charge on any atom is 0.0641 e. The largest absolute Gasteiger partial charge is 0.392 e. The third kappa shape index (κ3) is 12.6. The Morgan fingerprint density at radius 2 is 1.23 bits per heavy atom. The Morgan fingerprint density at radius 1 is 0.682 bits per heavy atom. The van der Waals surface area contributed by atoms with Crippen LogP contribution in [-0.2, 0) is 0 Å². The molecular weight excluding hydrogens is 272 g/mol. The van der Waals surface area contributed by atoms with Gasteiger partial charge in [-0.25, -0.2) is 0 Å². The van der Waals surface area contributed by atoms with Gasteiger partial charge in [-0.2, -0.15) is 0 Å². The molecule has 0 unspecified atom stereocenters. The average Bonchev–Trinajstić information content (AvgIpc) is 2.45. The van der Waals surface area contributed by atoms with Crippen LogP contribution in [0, 0.1) is 0 Å². The zero-order valence-electron chi connectivity index (χ0n) is 14.9. The van der Waals surface area contributed by atoms with E-state index in [1.54, 1.807) is 0 Å². The first-order valence-electron chi connectivity index (χ1n) is 8.33. The third-order valence-electron chi connectivity index (χ3n) is 3.66. The van der Waals surface area contributed by atoms with Crippen LogP contribution in [0.4, 0.5) is 0 Å². The van der Waals surface area contributed by atoms with Crippen molar-refractivity contribution in [1.82, 2.24) is 0 Å². The maximum absolute atomic E-state index is 9.41. The quantitative estimate of drug-likeness (QED) is 0.522. The molecule has 0 radical (unpaired) electrons. The molecule has 22 heavy (non-hydrogen) atoms. The van der Waals surface area contributed by atoms with Crippen LogP contribution < -0.4 is 0 Å². The summed E-state index contributed by atoms with van der Waals surface area (Å²) in [4.78, 5) is 0. The van der Waals surface area contributed by atoms with Crippen LogP contribution in [0.1, 0.15) is 66.2 Å². The highest BCUT2D eigenvalue weighted by Crippen LogP contribution is 2.13. The lowest BCUT2D eigenvalue weighted by Gasteiger charge is -2.04. The van der Waals surface area contributed by atoms with E-state index in [9.17, 15) is 5.11 Å². The van der Waals surface area contributed by atoms with Crippen molar-refractivity contribution in [3.63, 3.8) is 0 Å². The van der Waals surface area contributed by atoms with Crippen molar-refractivity contribution in [3.8, 4) is 0 Å². The molecule has 0 heterocycles. The molecule has 0 aromatic heterocycles. The Kier molecular flexibility index (Phi) is 12.8. The highest BCUT2D eigenvalue weighted by Gasteiger charge is 1.96. The number of rotatable bonds is 11. The number of aliphatic hydroxyl groups excluding tert-OH is 2. The molecule has 0 amide bonds. The van der Waals surface area contributed by atoms with Gasteiger partial charge in [0.15, 0.2) is 0 Å². The molecule has 0 aliphatic rings. The second-order valence-corrected chi connectivity index (χ2v) is 6.20. The molecular formula is C20H34O2. The lowest BCUT2D eigenvalue weighted by atomic mass is 10.0. The molecule has 0 saturated heterocycles. The molecule has 0 spiro atoms. The van der Waals surface area contributed by atoms with Gasteiger partial charge in [0.05, 0.1) is 13.2 Å². The fraction of sp³-hybridized carbons (Fsp3) is 0.600. The SMILES string of the molecule is CC(C)=CCC/C(C)=C/CC/C(=C\CC/C(C)=C/CO)CO. The van der Waals surface area contributed by atoms with Crippen LogP contribution in [0.25, 0.3) is 0 Å². The summed E-state index contributed by atoms with van der Waals surface area (Å²) in [6.45, 7) is 8.74. The zero-order valence-corrected chi connectivity index (χ0v) is 14.9. The highest BCUT2D eigenvalue weighted by atomic mass is 16.3. The summed E-state index contributed by atoms with van der Waals surface area (Å²) >= 11 is 0. The Morgan fingerprint density at radius 3 is 1.77 bits per heavy atom. The number of aliphatic hydroxyl groups is 2. The number of hydrogen-bond acceptors (Lipinski definition) is 2. The Bertz CT molecular complexity index is 407. The molecule has 0 rings (SSSR count). The fourth-order valence-corrected chi connectivity index (χ4v) is 2.20. The smallest absolute Gasteiger partial charge is 0.0641 e. The minimum atomic E-state index is 0.110. The Hall–Kier alpha value is -1.12. The molecule has 2 heteroatoms. The first-order chi connectivity index (χ1) is 10.5. The van der Waals surface area contributed by atoms with Crippen LogP contribution in [0.2, 0.25) is 0 Å². The van der Waals surface area contributed by atoms with Gasteiger partial charge in [-0.1, -0.05) is 41.0 Å². The Labute approximate surface area is 137 Å². The van der Waals surface area contributed by atoms with Gasteiger partial charge >= 0.3 is 0 Å². The molecule has 0 atom stereocenters. The van der Waals surface area contributed by atoms with Crippen molar-refractivity contribution in [2.45, 2.75) is 66.2 Å². The first-order valence-corrected chi connectivity index (χ1v) is 8.33. The van der Waals surface area contributed by atoms with Crippen molar-refractivity contribution in [2.24, 2.45) is 0 Å². The molecule has 0 fully saturated rings. The number of hydrogen-bond donors (Lipinski definition) is 2. The van der Waals surface area contributed by atoms with E-state index < -0.39 is 0 Å². The standard InChI is InChI=1S/C20H34O2/c1-17(2)8-5-9-18(3)10-6-12-20(16-22)13-7-11-19(4)14-15-21/h8,10,13-14,21-22H,5-7,9,11-12,15-16H2,1-4H3/b18-10+,19-14+,20-13+. The van der Waals surface area contributed by atoms with Crippen LogP contribution in [0.5, 0.6) is 0 Å². The predicted octanol–water partition coefficient (Wildman–Crippen LogP) is 5.10. The van der Waals surface area contributed by atoms with Gasteiger partial charge in [0.25, 0.3) is 0 Å². The molecule has 0 aromatic rings. The molecule has 2 N–H and O–H groups in total. The van der Waals surface area contributed by atoms with E-state index in [1.807, 2.05) is 13.0 Å². The molecule has 0 bridgehead atoms. The van der Waals surface area contributed by atoms with E-state index in [2.05, 4.69) is 39.0 Å². The topological polar surface area (TPSA) is 40.5 Å². The van der Waals surface area contributed by atoms with Crippen molar-refractivity contribution in [3.05, 3.63) is 46.6 Å². The van der Waals surface area contributed by atoms with Crippen LogP contribution in [-0.4, -0.2) is 23.4 Å². The van der Waals surface area contributed by atoms with Crippen molar-refractivity contribution < 1.29 is 10.2 Å². The zero-order chi connectivity index (χ0) is 16.8. The minimum Gasteiger partial charge on any atom is -0.392 e. The molecule has 0 aromatic carbocycles. The molecule has 0 saturated carbocycles. The molecule has 2 nitrogen and oxygen atoms in total. The molecule has 0 aliphatic carbocycles. The van der Waals surface area contributed by atoms with Gasteiger partial charge in [-0.3, -0.25) is 0 Å². The summed E-state index contributed by atoms with van der Waals surface area (Å²) in [6.07, 6.45) is 14.6. The van der Waals surface area contributed by atoms with Crippen LogP contribution >= 0.6 is 0 Å². The van der Waals surface area contributed by atoms with E-state index in [4.69, 9.17) is 5.11 Å². The maximum atomic E-state index is 9.41. The number of allylic oxidation sites excluding steroid dienone is 6. The van der Waals surface area contributed by atoms with Crippen molar-refractivity contribution in [1.29, 1.82) is 0 Å². The second-order valence-electron chi connectivity index (χ2n) is 6.20.